The molecule has 0 fully saturated rings. The highest BCUT2D eigenvalue weighted by Gasteiger charge is 2.33. The van der Waals surface area contributed by atoms with E-state index >= 15 is 0 Å². The number of halogens is 4. The minimum Gasteiger partial charge on any atom is -0.258 e. The average Bonchev–Trinajstić information content (AvgIpc) is 2.14. The number of hydrogen-bond donors (Lipinski definition) is 0. The van der Waals surface area contributed by atoms with E-state index < -0.39 is 22.4 Å². The number of rotatable bonds is 2. The average molecular weight is 254 g/mol. The minimum absolute atomic E-state index is 0.111. The Morgan fingerprint density at radius 2 is 2.00 bits per heavy atom. The fourth-order valence-corrected chi connectivity index (χ4v) is 1.65. The lowest BCUT2D eigenvalue weighted by Crippen LogP contribution is -2.08. The molecule has 16 heavy (non-hydrogen) atoms. The second-order valence-electron chi connectivity index (χ2n) is 3.18. The van der Waals surface area contributed by atoms with Crippen LogP contribution in [0.3, 0.4) is 0 Å². The molecular weight excluding hydrogens is 247 g/mol. The molecule has 0 aliphatic heterocycles. The monoisotopic (exact) mass is 253 g/mol. The van der Waals surface area contributed by atoms with Gasteiger partial charge >= 0.3 is 6.18 Å². The fourth-order valence-electron chi connectivity index (χ4n) is 1.30. The van der Waals surface area contributed by atoms with E-state index in [-0.39, 0.29) is 17.0 Å². The van der Waals surface area contributed by atoms with E-state index in [9.17, 15) is 23.3 Å². The van der Waals surface area contributed by atoms with Crippen molar-refractivity contribution < 1.29 is 18.1 Å². The molecule has 3 nitrogen and oxygen atoms in total. The number of nitro groups is 1. The standard InChI is InChI=1S/C9H7ClF3NO2/c1-5-2-6(9(11,12)13)3-8(14(15)16)7(5)4-10/h2-3H,4H2,1H3. The van der Waals surface area contributed by atoms with Crippen molar-refractivity contribution in [2.75, 3.05) is 0 Å². The normalized spacial score (nSPS) is 11.6. The highest BCUT2D eigenvalue weighted by molar-refractivity contribution is 6.17. The number of nitrogens with zero attached hydrogens (tertiary/aromatic N) is 1. The summed E-state index contributed by atoms with van der Waals surface area (Å²) in [5.74, 6) is -0.194. The summed E-state index contributed by atoms with van der Waals surface area (Å²) < 4.78 is 37.2. The molecule has 0 saturated carbocycles. The molecule has 0 unspecified atom stereocenters. The maximum absolute atomic E-state index is 12.4. The third-order valence-electron chi connectivity index (χ3n) is 2.11. The number of hydrogen-bond acceptors (Lipinski definition) is 2. The highest BCUT2D eigenvalue weighted by Crippen LogP contribution is 2.35. The lowest BCUT2D eigenvalue weighted by molar-refractivity contribution is -0.385. The molecule has 1 aromatic rings. The molecule has 0 aliphatic rings. The van der Waals surface area contributed by atoms with E-state index in [0.29, 0.717) is 6.07 Å². The Morgan fingerprint density at radius 3 is 2.38 bits per heavy atom. The minimum atomic E-state index is -4.60. The van der Waals surface area contributed by atoms with E-state index in [1.807, 2.05) is 0 Å². The van der Waals surface area contributed by atoms with Crippen LogP contribution in [0.25, 0.3) is 0 Å². The second-order valence-corrected chi connectivity index (χ2v) is 3.45. The van der Waals surface area contributed by atoms with Crippen LogP contribution in [0.1, 0.15) is 16.7 Å². The zero-order valence-corrected chi connectivity index (χ0v) is 8.89. The molecule has 0 saturated heterocycles. The highest BCUT2D eigenvalue weighted by atomic mass is 35.5. The molecular formula is C9H7ClF3NO2. The van der Waals surface area contributed by atoms with Gasteiger partial charge in [0.05, 0.1) is 16.4 Å². The van der Waals surface area contributed by atoms with Crippen LogP contribution in [0.5, 0.6) is 0 Å². The summed E-state index contributed by atoms with van der Waals surface area (Å²) in [7, 11) is 0. The van der Waals surface area contributed by atoms with Gasteiger partial charge in [-0.05, 0) is 18.6 Å². The van der Waals surface area contributed by atoms with Gasteiger partial charge in [-0.1, -0.05) is 0 Å². The van der Waals surface area contributed by atoms with Crippen molar-refractivity contribution in [2.45, 2.75) is 19.0 Å². The van der Waals surface area contributed by atoms with Gasteiger partial charge in [0.25, 0.3) is 5.69 Å². The van der Waals surface area contributed by atoms with Crippen molar-refractivity contribution in [3.8, 4) is 0 Å². The zero-order chi connectivity index (χ0) is 12.5. The van der Waals surface area contributed by atoms with Crippen molar-refractivity contribution in [2.24, 2.45) is 0 Å². The van der Waals surface area contributed by atoms with Gasteiger partial charge in [0, 0.05) is 11.6 Å². The fraction of sp³-hybridized carbons (Fsp3) is 0.333. The van der Waals surface area contributed by atoms with E-state index in [0.717, 1.165) is 6.07 Å². The van der Waals surface area contributed by atoms with E-state index in [4.69, 9.17) is 11.6 Å². The summed E-state index contributed by atoms with van der Waals surface area (Å²) in [4.78, 5) is 9.73. The van der Waals surface area contributed by atoms with Crippen molar-refractivity contribution >= 4 is 17.3 Å². The Morgan fingerprint density at radius 1 is 1.44 bits per heavy atom. The first-order valence-corrected chi connectivity index (χ1v) is 4.72. The summed E-state index contributed by atoms with van der Waals surface area (Å²) in [5, 5.41) is 10.6. The number of alkyl halides is 4. The van der Waals surface area contributed by atoms with Gasteiger partial charge in [0.2, 0.25) is 0 Å². The van der Waals surface area contributed by atoms with Gasteiger partial charge in [-0.2, -0.15) is 13.2 Å². The molecule has 0 aliphatic carbocycles. The Balaban J connectivity index is 3.46. The largest absolute Gasteiger partial charge is 0.416 e. The van der Waals surface area contributed by atoms with Gasteiger partial charge in [-0.25, -0.2) is 0 Å². The lowest BCUT2D eigenvalue weighted by atomic mass is 10.0. The van der Waals surface area contributed by atoms with E-state index in [1.54, 1.807) is 0 Å². The lowest BCUT2D eigenvalue weighted by Gasteiger charge is -2.10. The van der Waals surface area contributed by atoms with Crippen LogP contribution in [0.15, 0.2) is 12.1 Å². The Bertz CT molecular complexity index is 431. The van der Waals surface area contributed by atoms with Crippen LogP contribution in [-0.4, -0.2) is 4.92 Å². The summed E-state index contributed by atoms with van der Waals surface area (Å²) in [6, 6.07) is 1.36. The third kappa shape index (κ3) is 2.44. The Kier molecular flexibility index (Phi) is 3.42. The molecule has 1 rings (SSSR count). The maximum atomic E-state index is 12.4. The van der Waals surface area contributed by atoms with Crippen LogP contribution >= 0.6 is 11.6 Å². The van der Waals surface area contributed by atoms with E-state index in [2.05, 4.69) is 0 Å². The first-order valence-electron chi connectivity index (χ1n) is 4.18. The Labute approximate surface area is 94.0 Å². The molecule has 0 radical (unpaired) electrons. The smallest absolute Gasteiger partial charge is 0.258 e. The van der Waals surface area contributed by atoms with Crippen molar-refractivity contribution in [3.63, 3.8) is 0 Å². The summed E-state index contributed by atoms with van der Waals surface area (Å²) in [6.45, 7) is 1.36. The first kappa shape index (κ1) is 12.8. The zero-order valence-electron chi connectivity index (χ0n) is 8.14. The maximum Gasteiger partial charge on any atom is 0.416 e. The molecule has 0 bridgehead atoms. The molecule has 0 heterocycles. The van der Waals surface area contributed by atoms with Gasteiger partial charge < -0.3 is 0 Å². The second kappa shape index (κ2) is 4.29. The van der Waals surface area contributed by atoms with Crippen molar-refractivity contribution in [3.05, 3.63) is 38.9 Å². The van der Waals surface area contributed by atoms with E-state index in [1.165, 1.54) is 6.92 Å². The van der Waals surface area contributed by atoms with Crippen LogP contribution in [0, 0.1) is 17.0 Å². The van der Waals surface area contributed by atoms with Gasteiger partial charge in [-0.15, -0.1) is 11.6 Å². The van der Waals surface area contributed by atoms with Gasteiger partial charge in [0.1, 0.15) is 0 Å². The number of aryl methyl sites for hydroxylation is 1. The summed E-state index contributed by atoms with van der Waals surface area (Å²) >= 11 is 5.46. The van der Waals surface area contributed by atoms with Crippen molar-refractivity contribution in [1.29, 1.82) is 0 Å². The molecule has 88 valence electrons. The third-order valence-corrected chi connectivity index (χ3v) is 2.37. The number of nitro benzene ring substituents is 1. The predicted molar refractivity (Wildman–Crippen MR) is 52.4 cm³/mol. The SMILES string of the molecule is Cc1cc(C(F)(F)F)cc([N+](=O)[O-])c1CCl. The molecule has 0 aromatic heterocycles. The van der Waals surface area contributed by atoms with Crippen LogP contribution in [-0.2, 0) is 12.1 Å². The topological polar surface area (TPSA) is 43.1 Å². The summed E-state index contributed by atoms with van der Waals surface area (Å²) in [5.41, 5.74) is -1.36. The van der Waals surface area contributed by atoms with Gasteiger partial charge in [0.15, 0.2) is 0 Å². The Hall–Kier alpha value is -1.30. The van der Waals surface area contributed by atoms with Crippen LogP contribution in [0.4, 0.5) is 18.9 Å². The predicted octanol–water partition coefficient (Wildman–Crippen LogP) is 3.66. The molecule has 0 amide bonds. The first-order chi connectivity index (χ1) is 7.27. The summed E-state index contributed by atoms with van der Waals surface area (Å²) in [6.07, 6.45) is -4.60. The molecule has 0 spiro atoms. The van der Waals surface area contributed by atoms with Crippen molar-refractivity contribution in [1.82, 2.24) is 0 Å². The molecule has 7 heteroatoms. The number of benzene rings is 1. The quantitative estimate of drug-likeness (QED) is 0.459. The molecule has 1 aromatic carbocycles. The van der Waals surface area contributed by atoms with Crippen LogP contribution in [0.2, 0.25) is 0 Å². The van der Waals surface area contributed by atoms with Gasteiger partial charge in [-0.3, -0.25) is 10.1 Å². The molecule has 0 N–H and O–H groups in total. The molecule has 0 atom stereocenters. The van der Waals surface area contributed by atoms with Crippen LogP contribution < -0.4 is 0 Å².